The molecular weight excluding hydrogens is 452 g/mol. The monoisotopic (exact) mass is 498 g/mol. The van der Waals surface area contributed by atoms with Crippen LogP contribution in [0, 0.1) is 0 Å². The van der Waals surface area contributed by atoms with E-state index in [-0.39, 0.29) is 0 Å². The van der Waals surface area contributed by atoms with Crippen molar-refractivity contribution in [3.8, 4) is 16.9 Å². The zero-order chi connectivity index (χ0) is 25.7. The summed E-state index contributed by atoms with van der Waals surface area (Å²) in [5.41, 5.74) is 6.28. The first kappa shape index (κ1) is 27.3. The highest BCUT2D eigenvalue weighted by molar-refractivity contribution is 5.87. The molecule has 1 fully saturated rings. The average molecular weight is 499 g/mol. The predicted octanol–water partition coefficient (Wildman–Crippen LogP) is 10.4. The summed E-state index contributed by atoms with van der Waals surface area (Å²) in [7, 11) is 0. The molecule has 0 amide bonds. The van der Waals surface area contributed by atoms with E-state index in [1.54, 1.807) is 0 Å². The van der Waals surface area contributed by atoms with Crippen LogP contribution in [-0.2, 0) is 4.74 Å². The number of unbranched alkanes of at least 4 members (excludes halogenated alkanes) is 6. The van der Waals surface area contributed by atoms with Gasteiger partial charge in [-0.2, -0.15) is 0 Å². The summed E-state index contributed by atoms with van der Waals surface area (Å²) < 4.78 is 12.6. The SMILES string of the molecule is CCCCCCCCCOc1ccc(-c2ccccc2)c(C2=CCC(=C(C)OC3CCCCC3)C=C2)c1. The lowest BCUT2D eigenvalue weighted by Crippen LogP contribution is -2.16. The third kappa shape index (κ3) is 8.38. The van der Waals surface area contributed by atoms with E-state index in [1.807, 2.05) is 0 Å². The number of rotatable bonds is 13. The fourth-order valence-electron chi connectivity index (χ4n) is 5.49. The number of allylic oxidation sites excluding steroid dienone is 6. The molecule has 2 aliphatic carbocycles. The molecule has 1 saturated carbocycles. The highest BCUT2D eigenvalue weighted by Crippen LogP contribution is 2.36. The zero-order valence-corrected chi connectivity index (χ0v) is 23.1. The molecule has 0 saturated heterocycles. The fourth-order valence-corrected chi connectivity index (χ4v) is 5.49. The van der Waals surface area contributed by atoms with Crippen molar-refractivity contribution in [3.05, 3.63) is 83.7 Å². The lowest BCUT2D eigenvalue weighted by Gasteiger charge is -2.25. The van der Waals surface area contributed by atoms with E-state index in [9.17, 15) is 0 Å². The standard InChI is InChI=1S/C35H46O2/c1-3-4-5-6-7-8-15-26-36-33-24-25-34(30-16-11-9-12-17-30)35(27-33)31-22-20-29(21-23-31)28(2)37-32-18-13-10-14-19-32/h9,11-12,16-17,20,22-25,27,32H,3-8,10,13-15,18-19,21,26H2,1-2H3. The average Bonchev–Trinajstić information content (AvgIpc) is 2.95. The molecule has 0 aromatic heterocycles. The van der Waals surface area contributed by atoms with Crippen LogP contribution in [-0.4, -0.2) is 12.7 Å². The molecule has 198 valence electrons. The van der Waals surface area contributed by atoms with Gasteiger partial charge in [-0.25, -0.2) is 0 Å². The van der Waals surface area contributed by atoms with Gasteiger partial charge in [0.15, 0.2) is 0 Å². The molecule has 0 spiro atoms. The van der Waals surface area contributed by atoms with Gasteiger partial charge in [0.05, 0.1) is 18.5 Å². The van der Waals surface area contributed by atoms with E-state index in [2.05, 4.69) is 80.6 Å². The molecule has 0 bridgehead atoms. The summed E-state index contributed by atoms with van der Waals surface area (Å²) in [6.45, 7) is 5.20. The second-order valence-corrected chi connectivity index (χ2v) is 10.7. The van der Waals surface area contributed by atoms with Crippen molar-refractivity contribution in [2.45, 2.75) is 103 Å². The van der Waals surface area contributed by atoms with Crippen molar-refractivity contribution >= 4 is 5.57 Å². The first-order valence-corrected chi connectivity index (χ1v) is 14.8. The topological polar surface area (TPSA) is 18.5 Å². The van der Waals surface area contributed by atoms with Crippen LogP contribution in [0.1, 0.15) is 103 Å². The number of hydrogen-bond acceptors (Lipinski definition) is 2. The molecule has 0 radical (unpaired) electrons. The summed E-state index contributed by atoms with van der Waals surface area (Å²) in [6, 6.07) is 17.3. The van der Waals surface area contributed by atoms with E-state index in [0.29, 0.717) is 6.10 Å². The van der Waals surface area contributed by atoms with Gasteiger partial charge in [0, 0.05) is 0 Å². The first-order chi connectivity index (χ1) is 18.2. The molecule has 2 aromatic carbocycles. The van der Waals surface area contributed by atoms with Gasteiger partial charge in [-0.05, 0) is 85.4 Å². The van der Waals surface area contributed by atoms with E-state index < -0.39 is 0 Å². The van der Waals surface area contributed by atoms with Crippen LogP contribution in [0.25, 0.3) is 16.7 Å². The summed E-state index contributed by atoms with van der Waals surface area (Å²) in [5.74, 6) is 2.06. The Bertz CT molecular complexity index is 1050. The minimum atomic E-state index is 0.398. The normalized spacial score (nSPS) is 17.4. The van der Waals surface area contributed by atoms with Crippen LogP contribution >= 0.6 is 0 Å². The molecule has 2 heteroatoms. The Balaban J connectivity index is 1.43. The molecular formula is C35H46O2. The molecule has 2 aliphatic rings. The molecule has 0 heterocycles. The summed E-state index contributed by atoms with van der Waals surface area (Å²) in [5, 5.41) is 0. The first-order valence-electron chi connectivity index (χ1n) is 14.8. The Morgan fingerprint density at radius 1 is 0.811 bits per heavy atom. The largest absolute Gasteiger partial charge is 0.495 e. The second kappa shape index (κ2) is 14.9. The fraction of sp³-hybridized carbons (Fsp3) is 0.486. The zero-order valence-electron chi connectivity index (χ0n) is 23.1. The van der Waals surface area contributed by atoms with Crippen molar-refractivity contribution < 1.29 is 9.47 Å². The van der Waals surface area contributed by atoms with Crippen LogP contribution in [0.5, 0.6) is 5.75 Å². The van der Waals surface area contributed by atoms with Crippen LogP contribution in [0.2, 0.25) is 0 Å². The molecule has 37 heavy (non-hydrogen) atoms. The van der Waals surface area contributed by atoms with Crippen molar-refractivity contribution in [2.75, 3.05) is 6.61 Å². The predicted molar refractivity (Wildman–Crippen MR) is 158 cm³/mol. The van der Waals surface area contributed by atoms with E-state index in [4.69, 9.17) is 9.47 Å². The molecule has 0 aliphatic heterocycles. The summed E-state index contributed by atoms with van der Waals surface area (Å²) in [4.78, 5) is 0. The van der Waals surface area contributed by atoms with Gasteiger partial charge >= 0.3 is 0 Å². The Morgan fingerprint density at radius 2 is 1.57 bits per heavy atom. The minimum Gasteiger partial charge on any atom is -0.495 e. The maximum absolute atomic E-state index is 6.35. The summed E-state index contributed by atoms with van der Waals surface area (Å²) >= 11 is 0. The van der Waals surface area contributed by atoms with Crippen LogP contribution in [0.15, 0.2) is 78.1 Å². The summed E-state index contributed by atoms with van der Waals surface area (Å²) in [6.07, 6.45) is 23.6. The quantitative estimate of drug-likeness (QED) is 0.202. The lowest BCUT2D eigenvalue weighted by molar-refractivity contribution is 0.0819. The maximum atomic E-state index is 6.35. The van der Waals surface area contributed by atoms with Crippen LogP contribution < -0.4 is 4.74 Å². The van der Waals surface area contributed by atoms with Gasteiger partial charge < -0.3 is 9.47 Å². The third-order valence-corrected chi connectivity index (χ3v) is 7.76. The van der Waals surface area contributed by atoms with Crippen molar-refractivity contribution in [1.82, 2.24) is 0 Å². The second-order valence-electron chi connectivity index (χ2n) is 10.7. The van der Waals surface area contributed by atoms with Gasteiger partial charge in [-0.1, -0.05) is 106 Å². The van der Waals surface area contributed by atoms with Crippen molar-refractivity contribution in [1.29, 1.82) is 0 Å². The third-order valence-electron chi connectivity index (χ3n) is 7.76. The Morgan fingerprint density at radius 3 is 2.30 bits per heavy atom. The minimum absolute atomic E-state index is 0.398. The highest BCUT2D eigenvalue weighted by atomic mass is 16.5. The number of ether oxygens (including phenoxy) is 2. The molecule has 0 N–H and O–H groups in total. The Labute approximate surface area is 225 Å². The number of benzene rings is 2. The van der Waals surface area contributed by atoms with Gasteiger partial charge in [-0.15, -0.1) is 0 Å². The van der Waals surface area contributed by atoms with Crippen molar-refractivity contribution in [2.24, 2.45) is 0 Å². The molecule has 2 nitrogen and oxygen atoms in total. The van der Waals surface area contributed by atoms with E-state index in [1.165, 1.54) is 98.5 Å². The maximum Gasteiger partial charge on any atom is 0.119 e. The molecule has 4 rings (SSSR count). The van der Waals surface area contributed by atoms with Gasteiger partial charge in [0.2, 0.25) is 0 Å². The van der Waals surface area contributed by atoms with Crippen LogP contribution in [0.4, 0.5) is 0 Å². The molecule has 0 atom stereocenters. The van der Waals surface area contributed by atoms with Gasteiger partial charge in [0.1, 0.15) is 5.75 Å². The highest BCUT2D eigenvalue weighted by Gasteiger charge is 2.17. The number of hydrogen-bond donors (Lipinski definition) is 0. The van der Waals surface area contributed by atoms with E-state index >= 15 is 0 Å². The van der Waals surface area contributed by atoms with Gasteiger partial charge in [0.25, 0.3) is 0 Å². The van der Waals surface area contributed by atoms with Crippen LogP contribution in [0.3, 0.4) is 0 Å². The smallest absolute Gasteiger partial charge is 0.119 e. The Kier molecular flexibility index (Phi) is 11.0. The van der Waals surface area contributed by atoms with Crippen molar-refractivity contribution in [3.63, 3.8) is 0 Å². The van der Waals surface area contributed by atoms with Gasteiger partial charge in [-0.3, -0.25) is 0 Å². The lowest BCUT2D eigenvalue weighted by atomic mass is 9.90. The van der Waals surface area contributed by atoms with E-state index in [0.717, 1.165) is 31.0 Å². The Hall–Kier alpha value is -2.74. The molecule has 2 aromatic rings. The molecule has 0 unspecified atom stereocenters.